The van der Waals surface area contributed by atoms with Gasteiger partial charge in [0.15, 0.2) is 5.70 Å². The van der Waals surface area contributed by atoms with Crippen molar-refractivity contribution in [2.45, 2.75) is 61.3 Å². The van der Waals surface area contributed by atoms with Crippen LogP contribution in [-0.2, 0) is 6.42 Å². The van der Waals surface area contributed by atoms with Crippen molar-refractivity contribution in [2.75, 3.05) is 0 Å². The Kier molecular flexibility index (Phi) is 4.11. The molecule has 2 aliphatic rings. The summed E-state index contributed by atoms with van der Waals surface area (Å²) in [6, 6.07) is 3.79. The Labute approximate surface area is 165 Å². The van der Waals surface area contributed by atoms with Gasteiger partial charge in [0.05, 0.1) is 0 Å². The molecule has 2 aromatic rings. The second-order valence-electron chi connectivity index (χ2n) is 7.90. The number of hydrogen-bond acceptors (Lipinski definition) is 1. The first-order chi connectivity index (χ1) is 13.2. The van der Waals surface area contributed by atoms with Crippen LogP contribution in [0.3, 0.4) is 0 Å². The SMILES string of the molecule is CCC1=C(C)C2=C(c3ccc(C)o3)c3c(C)c(CC)c(C)n3[B-](F)(F)[N+]2=C1C. The van der Waals surface area contributed by atoms with E-state index in [1.807, 2.05) is 60.6 Å². The van der Waals surface area contributed by atoms with Gasteiger partial charge < -0.3 is 22.0 Å². The number of aryl methyl sites for hydroxylation is 1. The summed E-state index contributed by atoms with van der Waals surface area (Å²) in [4.78, 5) is 0. The van der Waals surface area contributed by atoms with E-state index in [-0.39, 0.29) is 0 Å². The number of rotatable bonds is 3. The highest BCUT2D eigenvalue weighted by Gasteiger charge is 2.57. The standard InChI is InChI=1S/C22H27BF2N2O/c1-8-17-13(4)21-20(19-11-10-12(3)28-19)22-14(5)18(9-2)16(7)27(22)23(24,25)26(21)15(17)6/h10-11H,8-9H2,1-7H3. The normalized spacial score (nSPS) is 18.3. The van der Waals surface area contributed by atoms with E-state index in [9.17, 15) is 0 Å². The molecule has 0 radical (unpaired) electrons. The van der Waals surface area contributed by atoms with Gasteiger partial charge >= 0.3 is 6.97 Å². The third-order valence-corrected chi connectivity index (χ3v) is 6.48. The third kappa shape index (κ3) is 2.17. The van der Waals surface area contributed by atoms with Gasteiger partial charge in [0.25, 0.3) is 0 Å². The van der Waals surface area contributed by atoms with Crippen molar-refractivity contribution in [3.05, 3.63) is 63.0 Å². The van der Waals surface area contributed by atoms with Crippen LogP contribution in [0, 0.1) is 20.8 Å². The number of hydrogen-bond donors (Lipinski definition) is 0. The van der Waals surface area contributed by atoms with Crippen molar-refractivity contribution >= 4 is 18.3 Å². The maximum Gasteiger partial charge on any atom is 0.737 e. The summed E-state index contributed by atoms with van der Waals surface area (Å²) in [5.41, 5.74) is 7.12. The molecule has 0 bridgehead atoms. The summed E-state index contributed by atoms with van der Waals surface area (Å²) in [5, 5.41) is 0. The van der Waals surface area contributed by atoms with E-state index in [1.165, 1.54) is 8.96 Å². The zero-order valence-corrected chi connectivity index (χ0v) is 17.7. The highest BCUT2D eigenvalue weighted by molar-refractivity contribution is 6.58. The molecule has 0 saturated heterocycles. The monoisotopic (exact) mass is 384 g/mol. The van der Waals surface area contributed by atoms with Gasteiger partial charge in [-0.2, -0.15) is 0 Å². The highest BCUT2D eigenvalue weighted by Crippen LogP contribution is 2.47. The first-order valence-electron chi connectivity index (χ1n) is 10.0. The topological polar surface area (TPSA) is 21.1 Å². The summed E-state index contributed by atoms with van der Waals surface area (Å²) < 4.78 is 40.6. The molecule has 0 N–H and O–H groups in total. The Bertz CT molecular complexity index is 1110. The van der Waals surface area contributed by atoms with Crippen LogP contribution in [0.2, 0.25) is 0 Å². The highest BCUT2D eigenvalue weighted by atomic mass is 19.2. The van der Waals surface area contributed by atoms with Crippen LogP contribution in [0.1, 0.15) is 68.2 Å². The van der Waals surface area contributed by atoms with Crippen LogP contribution in [0.15, 0.2) is 33.4 Å². The minimum absolute atomic E-state index is 0.601. The molecular formula is C22H27BF2N2O. The first kappa shape index (κ1) is 19.0. The second-order valence-corrected chi connectivity index (χ2v) is 7.90. The molecule has 0 amide bonds. The van der Waals surface area contributed by atoms with Gasteiger partial charge in [-0.15, -0.1) is 0 Å². The molecule has 148 valence electrons. The van der Waals surface area contributed by atoms with E-state index in [0.717, 1.165) is 46.4 Å². The van der Waals surface area contributed by atoms with Crippen LogP contribution in [0.4, 0.5) is 8.63 Å². The van der Waals surface area contributed by atoms with Crippen molar-refractivity contribution in [3.63, 3.8) is 0 Å². The van der Waals surface area contributed by atoms with Crippen LogP contribution < -0.4 is 0 Å². The molecule has 2 aromatic heterocycles. The van der Waals surface area contributed by atoms with E-state index < -0.39 is 6.97 Å². The van der Waals surface area contributed by atoms with Crippen molar-refractivity contribution in [3.8, 4) is 0 Å². The molecule has 6 heteroatoms. The third-order valence-electron chi connectivity index (χ3n) is 6.48. The van der Waals surface area contributed by atoms with Crippen molar-refractivity contribution in [2.24, 2.45) is 0 Å². The average Bonchev–Trinajstić information content (AvgIpc) is 3.24. The van der Waals surface area contributed by atoms with E-state index >= 15 is 8.63 Å². The van der Waals surface area contributed by atoms with E-state index in [1.54, 1.807) is 0 Å². The lowest BCUT2D eigenvalue weighted by atomic mass is 9.85. The molecule has 3 nitrogen and oxygen atoms in total. The summed E-state index contributed by atoms with van der Waals surface area (Å²) in [5.74, 6) is 1.43. The molecule has 0 saturated carbocycles. The van der Waals surface area contributed by atoms with Crippen LogP contribution in [0.25, 0.3) is 5.57 Å². The van der Waals surface area contributed by atoms with Crippen LogP contribution in [0.5, 0.6) is 0 Å². The molecule has 4 rings (SSSR count). The lowest BCUT2D eigenvalue weighted by Crippen LogP contribution is -2.51. The minimum Gasteiger partial charge on any atom is -0.461 e. The van der Waals surface area contributed by atoms with E-state index in [2.05, 4.69) is 0 Å². The van der Waals surface area contributed by atoms with Crippen LogP contribution >= 0.6 is 0 Å². The molecule has 0 aromatic carbocycles. The molecule has 4 heterocycles. The summed E-state index contributed by atoms with van der Waals surface area (Å²) in [6.45, 7) is 9.50. The van der Waals surface area contributed by atoms with Crippen molar-refractivity contribution in [1.82, 2.24) is 4.48 Å². The average molecular weight is 384 g/mol. The van der Waals surface area contributed by atoms with E-state index in [0.29, 0.717) is 28.6 Å². The number of fused-ring (bicyclic) bond motifs is 2. The smallest absolute Gasteiger partial charge is 0.461 e. The number of aromatic nitrogens is 1. The van der Waals surface area contributed by atoms with Gasteiger partial charge in [-0.05, 0) is 69.5 Å². The molecule has 2 aliphatic heterocycles. The molecule has 0 atom stereocenters. The zero-order chi connectivity index (χ0) is 20.5. The molecular weight excluding hydrogens is 357 g/mol. The lowest BCUT2D eigenvalue weighted by molar-refractivity contribution is -0.363. The Balaban J connectivity index is 2.23. The number of halogens is 2. The first-order valence-corrected chi connectivity index (χ1v) is 10.0. The molecule has 0 spiro atoms. The Hall–Kier alpha value is -2.37. The lowest BCUT2D eigenvalue weighted by Gasteiger charge is -2.33. The number of allylic oxidation sites excluding steroid dienone is 2. The molecule has 0 aliphatic carbocycles. The number of nitrogens with zero attached hydrogens (tertiary/aromatic N) is 2. The summed E-state index contributed by atoms with van der Waals surface area (Å²) in [7, 11) is 0. The van der Waals surface area contributed by atoms with Gasteiger partial charge in [-0.25, -0.2) is 0 Å². The zero-order valence-electron chi connectivity index (χ0n) is 17.7. The summed E-state index contributed by atoms with van der Waals surface area (Å²) in [6.07, 6.45) is 1.45. The van der Waals surface area contributed by atoms with Gasteiger partial charge in [-0.3, -0.25) is 0 Å². The van der Waals surface area contributed by atoms with Gasteiger partial charge in [-0.1, -0.05) is 13.8 Å². The predicted molar refractivity (Wildman–Crippen MR) is 110 cm³/mol. The fourth-order valence-electron chi connectivity index (χ4n) is 5.28. The Morgan fingerprint density at radius 1 is 1.04 bits per heavy atom. The molecule has 28 heavy (non-hydrogen) atoms. The Morgan fingerprint density at radius 2 is 1.71 bits per heavy atom. The van der Waals surface area contributed by atoms with Gasteiger partial charge in [0.1, 0.15) is 22.8 Å². The fraction of sp³-hybridized carbons (Fsp3) is 0.409. The summed E-state index contributed by atoms with van der Waals surface area (Å²) >= 11 is 0. The maximum absolute atomic E-state index is 16.0. The fourth-order valence-corrected chi connectivity index (χ4v) is 5.28. The molecule has 0 fully saturated rings. The second kappa shape index (κ2) is 6.06. The largest absolute Gasteiger partial charge is 0.737 e. The van der Waals surface area contributed by atoms with Crippen molar-refractivity contribution < 1.29 is 17.5 Å². The van der Waals surface area contributed by atoms with Crippen LogP contribution in [-0.4, -0.2) is 21.6 Å². The quantitative estimate of drug-likeness (QED) is 0.615. The van der Waals surface area contributed by atoms with Crippen molar-refractivity contribution in [1.29, 1.82) is 0 Å². The maximum atomic E-state index is 16.0. The van der Waals surface area contributed by atoms with Gasteiger partial charge in [0.2, 0.25) is 0 Å². The van der Waals surface area contributed by atoms with E-state index in [4.69, 9.17) is 4.42 Å². The molecule has 0 unspecified atom stereocenters. The minimum atomic E-state index is -3.98. The number of furan rings is 1. The Morgan fingerprint density at radius 3 is 2.25 bits per heavy atom. The predicted octanol–water partition coefficient (Wildman–Crippen LogP) is 5.78. The van der Waals surface area contributed by atoms with Gasteiger partial charge in [0, 0.05) is 23.8 Å².